The third-order valence-corrected chi connectivity index (χ3v) is 4.34. The van der Waals surface area contributed by atoms with E-state index in [-0.39, 0.29) is 40.2 Å². The number of aromatic hydroxyl groups is 3. The fraction of sp³-hybridized carbons (Fsp3) is 0.211. The number of esters is 1. The highest BCUT2D eigenvalue weighted by molar-refractivity contribution is 6.32. The second kappa shape index (κ2) is 7.02. The molecule has 0 aromatic heterocycles. The second-order valence-electron chi connectivity index (χ2n) is 6.02. The highest BCUT2D eigenvalue weighted by Crippen LogP contribution is 2.48. The molecule has 3 rings (SSSR count). The van der Waals surface area contributed by atoms with Gasteiger partial charge in [-0.1, -0.05) is 11.6 Å². The van der Waals surface area contributed by atoms with Gasteiger partial charge >= 0.3 is 5.97 Å². The zero-order valence-corrected chi connectivity index (χ0v) is 15.0. The Labute approximate surface area is 159 Å². The summed E-state index contributed by atoms with van der Waals surface area (Å²) in [6.07, 6.45) is 0.774. The summed E-state index contributed by atoms with van der Waals surface area (Å²) in [6.45, 7) is 1.76. The van der Waals surface area contributed by atoms with Crippen molar-refractivity contribution in [3.63, 3.8) is 0 Å². The number of hydrogen-bond donors (Lipinski definition) is 4. The van der Waals surface area contributed by atoms with Crippen molar-refractivity contribution >= 4 is 23.3 Å². The number of rotatable bonds is 4. The third-order valence-electron chi connectivity index (χ3n) is 4.04. The van der Waals surface area contributed by atoms with Crippen molar-refractivity contribution in [1.29, 1.82) is 0 Å². The smallest absolute Gasteiger partial charge is 0.309 e. The van der Waals surface area contributed by atoms with Gasteiger partial charge in [-0.05, 0) is 31.2 Å². The van der Waals surface area contributed by atoms with E-state index in [4.69, 9.17) is 21.1 Å². The average Bonchev–Trinajstić information content (AvgIpc) is 2.55. The van der Waals surface area contributed by atoms with Crippen LogP contribution in [0.5, 0.6) is 23.0 Å². The van der Waals surface area contributed by atoms with Crippen LogP contribution in [-0.4, -0.2) is 33.0 Å². The van der Waals surface area contributed by atoms with Crippen LogP contribution in [0.15, 0.2) is 36.4 Å². The molecule has 27 heavy (non-hydrogen) atoms. The van der Waals surface area contributed by atoms with Crippen molar-refractivity contribution < 1.29 is 34.7 Å². The van der Waals surface area contributed by atoms with E-state index >= 15 is 0 Å². The number of halogens is 1. The maximum atomic E-state index is 12.0. The Hall–Kier alpha value is -2.90. The van der Waals surface area contributed by atoms with Gasteiger partial charge in [0.1, 0.15) is 34.4 Å². The van der Waals surface area contributed by atoms with Crippen molar-refractivity contribution in [2.75, 3.05) is 6.61 Å². The number of phenolic OH excluding ortho intramolecular Hbond substituents is 3. The minimum Gasteiger partial charge on any atom is -0.508 e. The van der Waals surface area contributed by atoms with Crippen LogP contribution < -0.4 is 4.74 Å². The van der Waals surface area contributed by atoms with Crippen LogP contribution in [0.3, 0.4) is 0 Å². The van der Waals surface area contributed by atoms with Gasteiger partial charge in [-0.2, -0.15) is 0 Å². The van der Waals surface area contributed by atoms with Gasteiger partial charge in [-0.3, -0.25) is 4.79 Å². The Morgan fingerprint density at radius 1 is 1.19 bits per heavy atom. The van der Waals surface area contributed by atoms with E-state index in [1.165, 1.54) is 30.3 Å². The normalized spacial score (nSPS) is 18.3. The second-order valence-corrected chi connectivity index (χ2v) is 6.43. The highest BCUT2D eigenvalue weighted by atomic mass is 35.5. The molecule has 8 heteroatoms. The highest BCUT2D eigenvalue weighted by Gasteiger charge is 2.41. The molecule has 0 radical (unpaired) electrons. The molecular weight excluding hydrogens is 376 g/mol. The molecule has 1 unspecified atom stereocenters. The molecule has 0 saturated carbocycles. The minimum absolute atomic E-state index is 0.0269. The van der Waals surface area contributed by atoms with Crippen LogP contribution in [0.1, 0.15) is 24.5 Å². The summed E-state index contributed by atoms with van der Waals surface area (Å²) in [5.41, 5.74) is -1.60. The number of phenols is 3. The van der Waals surface area contributed by atoms with Crippen LogP contribution in [0.25, 0.3) is 5.76 Å². The van der Waals surface area contributed by atoms with Crippen molar-refractivity contribution in [2.45, 2.75) is 18.9 Å². The van der Waals surface area contributed by atoms with Crippen LogP contribution >= 0.6 is 11.6 Å². The van der Waals surface area contributed by atoms with Gasteiger partial charge < -0.3 is 29.9 Å². The molecule has 2 aromatic carbocycles. The molecule has 0 aliphatic carbocycles. The molecule has 2 aromatic rings. The number of carbonyl (C=O) groups is 1. The maximum absolute atomic E-state index is 12.0. The quantitative estimate of drug-likeness (QED) is 0.591. The number of fused-ring (bicyclic) bond motifs is 1. The van der Waals surface area contributed by atoms with E-state index in [1.807, 2.05) is 0 Å². The van der Waals surface area contributed by atoms with Gasteiger partial charge in [0.2, 0.25) is 0 Å². The fourth-order valence-corrected chi connectivity index (χ4v) is 3.09. The molecule has 1 aliphatic heterocycles. The summed E-state index contributed by atoms with van der Waals surface area (Å²) < 4.78 is 10.6. The summed E-state index contributed by atoms with van der Waals surface area (Å²) in [5, 5.41) is 40.8. The molecule has 1 aliphatic rings. The number of aliphatic hydroxyl groups is 1. The van der Waals surface area contributed by atoms with E-state index < -0.39 is 23.7 Å². The van der Waals surface area contributed by atoms with Gasteiger partial charge in [0.25, 0.3) is 0 Å². The van der Waals surface area contributed by atoms with Crippen molar-refractivity contribution in [2.24, 2.45) is 0 Å². The number of ether oxygens (including phenoxy) is 2. The van der Waals surface area contributed by atoms with Crippen molar-refractivity contribution in [3.05, 3.63) is 52.6 Å². The van der Waals surface area contributed by atoms with Gasteiger partial charge in [0, 0.05) is 17.7 Å². The SMILES string of the molecule is CCOC(=O)CC1(O)C=C(c2ccc(O)c(Cl)c2)Oc2cc(O)cc(O)c21. The molecule has 0 saturated heterocycles. The van der Waals surface area contributed by atoms with E-state index in [0.29, 0.717) is 5.56 Å². The Kier molecular flexibility index (Phi) is 4.91. The lowest BCUT2D eigenvalue weighted by Gasteiger charge is -2.32. The van der Waals surface area contributed by atoms with E-state index in [1.54, 1.807) is 6.92 Å². The van der Waals surface area contributed by atoms with Gasteiger partial charge in [0.15, 0.2) is 0 Å². The lowest BCUT2D eigenvalue weighted by atomic mass is 9.85. The zero-order valence-electron chi connectivity index (χ0n) is 14.3. The number of benzene rings is 2. The first-order chi connectivity index (χ1) is 12.7. The Morgan fingerprint density at radius 2 is 1.93 bits per heavy atom. The fourth-order valence-electron chi connectivity index (χ4n) is 2.91. The largest absolute Gasteiger partial charge is 0.508 e. The summed E-state index contributed by atoms with van der Waals surface area (Å²) in [5.74, 6) is -1.43. The molecule has 1 heterocycles. The molecule has 1 atom stereocenters. The lowest BCUT2D eigenvalue weighted by molar-refractivity contribution is -0.147. The van der Waals surface area contributed by atoms with Crippen LogP contribution in [0.4, 0.5) is 0 Å². The predicted octanol–water partition coefficient (Wildman–Crippen LogP) is 3.03. The van der Waals surface area contributed by atoms with E-state index in [2.05, 4.69) is 0 Å². The standard InChI is InChI=1S/C19H17ClO7/c1-2-26-17(24)9-19(25)8-16(10-3-4-13(22)12(20)5-10)27-15-7-11(21)6-14(23)18(15)19/h3-8,21-23,25H,2,9H2,1H3. The van der Waals surface area contributed by atoms with Crippen molar-refractivity contribution in [1.82, 2.24) is 0 Å². The summed E-state index contributed by atoms with van der Waals surface area (Å²) in [6, 6.07) is 6.52. The van der Waals surface area contributed by atoms with E-state index in [9.17, 15) is 25.2 Å². The summed E-state index contributed by atoms with van der Waals surface area (Å²) in [7, 11) is 0. The molecule has 0 fully saturated rings. The molecular formula is C19H17ClO7. The molecule has 0 spiro atoms. The van der Waals surface area contributed by atoms with Crippen LogP contribution in [0.2, 0.25) is 5.02 Å². The first kappa shape index (κ1) is 18.9. The third kappa shape index (κ3) is 3.65. The molecule has 0 bridgehead atoms. The maximum Gasteiger partial charge on any atom is 0.309 e. The van der Waals surface area contributed by atoms with Gasteiger partial charge in [0.05, 0.1) is 23.6 Å². The summed E-state index contributed by atoms with van der Waals surface area (Å²) in [4.78, 5) is 12.0. The Morgan fingerprint density at radius 3 is 2.59 bits per heavy atom. The molecule has 0 amide bonds. The van der Waals surface area contributed by atoms with Gasteiger partial charge in [-0.15, -0.1) is 0 Å². The Bertz CT molecular complexity index is 938. The monoisotopic (exact) mass is 392 g/mol. The summed E-state index contributed by atoms with van der Waals surface area (Å²) >= 11 is 5.93. The average molecular weight is 393 g/mol. The molecule has 4 N–H and O–H groups in total. The number of hydrogen-bond acceptors (Lipinski definition) is 7. The van der Waals surface area contributed by atoms with Gasteiger partial charge in [-0.25, -0.2) is 0 Å². The molecule has 142 valence electrons. The van der Waals surface area contributed by atoms with Crippen LogP contribution in [-0.2, 0) is 15.1 Å². The first-order valence-electron chi connectivity index (χ1n) is 8.07. The first-order valence-corrected chi connectivity index (χ1v) is 8.45. The van der Waals surface area contributed by atoms with E-state index in [0.717, 1.165) is 6.07 Å². The Balaban J connectivity index is 2.14. The molecule has 7 nitrogen and oxygen atoms in total. The topological polar surface area (TPSA) is 116 Å². The zero-order chi connectivity index (χ0) is 19.8. The minimum atomic E-state index is -1.95. The van der Waals surface area contributed by atoms with Crippen molar-refractivity contribution in [3.8, 4) is 23.0 Å². The van der Waals surface area contributed by atoms with Crippen LogP contribution in [0, 0.1) is 0 Å². The number of carbonyl (C=O) groups excluding carboxylic acids is 1. The lowest BCUT2D eigenvalue weighted by Crippen LogP contribution is -2.31. The predicted molar refractivity (Wildman–Crippen MR) is 96.6 cm³/mol.